The van der Waals surface area contributed by atoms with E-state index in [2.05, 4.69) is 0 Å². The van der Waals surface area contributed by atoms with Gasteiger partial charge in [0, 0.05) is 12.3 Å². The number of nitrogens with two attached hydrogens (primary N) is 1. The molecular weight excluding hydrogens is 338 g/mol. The van der Waals surface area contributed by atoms with Crippen molar-refractivity contribution < 1.29 is 29.0 Å². The van der Waals surface area contributed by atoms with Crippen LogP contribution in [0.4, 0.5) is 0 Å². The summed E-state index contributed by atoms with van der Waals surface area (Å²) in [5, 5.41) is 9.21. The molecule has 1 saturated carbocycles. The third kappa shape index (κ3) is 5.05. The van der Waals surface area contributed by atoms with Gasteiger partial charge >= 0.3 is 17.9 Å². The van der Waals surface area contributed by atoms with Gasteiger partial charge in [0.15, 0.2) is 0 Å². The normalized spacial score (nSPS) is 18.4. The molecule has 0 heterocycles. The van der Waals surface area contributed by atoms with E-state index in [4.69, 9.17) is 15.2 Å². The van der Waals surface area contributed by atoms with E-state index in [-0.39, 0.29) is 6.42 Å². The molecule has 2 rings (SSSR count). The largest absolute Gasteiger partial charge is 0.481 e. The summed E-state index contributed by atoms with van der Waals surface area (Å²) in [7, 11) is 0. The third-order valence-corrected chi connectivity index (χ3v) is 4.83. The maximum Gasteiger partial charge on any atom is 0.341 e. The van der Waals surface area contributed by atoms with Crippen LogP contribution in [0.5, 0.6) is 0 Å². The molecule has 1 aromatic rings. The van der Waals surface area contributed by atoms with Crippen molar-refractivity contribution in [3.8, 4) is 0 Å². The van der Waals surface area contributed by atoms with Crippen LogP contribution in [0, 0.1) is 5.41 Å². The fourth-order valence-electron chi connectivity index (χ4n) is 3.46. The van der Waals surface area contributed by atoms with E-state index in [1.165, 1.54) is 6.92 Å². The number of benzene rings is 1. The van der Waals surface area contributed by atoms with Crippen LogP contribution in [0.3, 0.4) is 0 Å². The van der Waals surface area contributed by atoms with Crippen molar-refractivity contribution in [2.45, 2.75) is 57.8 Å². The highest BCUT2D eigenvalue weighted by Gasteiger charge is 2.44. The average Bonchev–Trinajstić information content (AvgIpc) is 2.61. The Morgan fingerprint density at radius 3 is 2.31 bits per heavy atom. The summed E-state index contributed by atoms with van der Waals surface area (Å²) in [6.45, 7) is 1.43. The van der Waals surface area contributed by atoms with E-state index in [0.29, 0.717) is 18.4 Å². The number of esters is 2. The first-order valence-corrected chi connectivity index (χ1v) is 8.78. The van der Waals surface area contributed by atoms with Crippen molar-refractivity contribution in [1.82, 2.24) is 0 Å². The smallest absolute Gasteiger partial charge is 0.341 e. The Hall–Kier alpha value is -2.41. The Kier molecular flexibility index (Phi) is 6.74. The minimum absolute atomic E-state index is 0.179. The number of carboxylic acid groups (broad SMARTS) is 1. The van der Waals surface area contributed by atoms with Gasteiger partial charge in [-0.2, -0.15) is 0 Å². The molecule has 0 aromatic heterocycles. The second kappa shape index (κ2) is 8.80. The number of carboxylic acids is 1. The van der Waals surface area contributed by atoms with Gasteiger partial charge < -0.3 is 20.3 Å². The standard InChI is InChI=1S/C19H25NO6/c1-13(25-17(23)14-8-4-2-5-9-14)26-18(24)16(20)19(12-15(21)22)10-6-3-7-11-19/h2,4-5,8-9,13,16H,3,6-7,10-12,20H2,1H3,(H,21,22). The van der Waals surface area contributed by atoms with Gasteiger partial charge in [0.05, 0.1) is 12.0 Å². The summed E-state index contributed by atoms with van der Waals surface area (Å²) in [5.41, 5.74) is 5.61. The lowest BCUT2D eigenvalue weighted by molar-refractivity contribution is -0.171. The van der Waals surface area contributed by atoms with Gasteiger partial charge in [-0.15, -0.1) is 0 Å². The summed E-state index contributed by atoms with van der Waals surface area (Å²) in [6, 6.07) is 7.27. The average molecular weight is 363 g/mol. The number of carbonyl (C=O) groups is 3. The molecule has 0 amide bonds. The summed E-state index contributed by atoms with van der Waals surface area (Å²) < 4.78 is 10.3. The van der Waals surface area contributed by atoms with E-state index >= 15 is 0 Å². The van der Waals surface area contributed by atoms with Crippen LogP contribution in [0.2, 0.25) is 0 Å². The van der Waals surface area contributed by atoms with Crippen LogP contribution in [-0.2, 0) is 19.1 Å². The number of aliphatic carboxylic acids is 1. The molecule has 0 bridgehead atoms. The number of hydrogen-bond donors (Lipinski definition) is 2. The Balaban J connectivity index is 1.98. The molecule has 0 spiro atoms. The molecule has 1 aromatic carbocycles. The monoisotopic (exact) mass is 363 g/mol. The second-order valence-electron chi connectivity index (χ2n) is 6.75. The van der Waals surface area contributed by atoms with Crippen molar-refractivity contribution in [3.05, 3.63) is 35.9 Å². The van der Waals surface area contributed by atoms with E-state index < -0.39 is 35.7 Å². The van der Waals surface area contributed by atoms with Crippen LogP contribution < -0.4 is 5.73 Å². The molecule has 2 unspecified atom stereocenters. The Morgan fingerprint density at radius 2 is 1.73 bits per heavy atom. The molecule has 0 aliphatic heterocycles. The van der Waals surface area contributed by atoms with Crippen LogP contribution in [-0.4, -0.2) is 35.3 Å². The predicted molar refractivity (Wildman–Crippen MR) is 93.2 cm³/mol. The molecular formula is C19H25NO6. The molecule has 3 N–H and O–H groups in total. The van der Waals surface area contributed by atoms with Gasteiger partial charge in [0.1, 0.15) is 6.04 Å². The first kappa shape index (κ1) is 19.9. The van der Waals surface area contributed by atoms with Gasteiger partial charge in [0.25, 0.3) is 0 Å². The number of hydrogen-bond acceptors (Lipinski definition) is 6. The zero-order valence-corrected chi connectivity index (χ0v) is 14.8. The van der Waals surface area contributed by atoms with Gasteiger partial charge in [0.2, 0.25) is 6.29 Å². The molecule has 0 saturated heterocycles. The quantitative estimate of drug-likeness (QED) is 0.565. The predicted octanol–water partition coefficient (Wildman–Crippen LogP) is 2.49. The van der Waals surface area contributed by atoms with Gasteiger partial charge in [-0.05, 0) is 25.0 Å². The highest BCUT2D eigenvalue weighted by molar-refractivity contribution is 5.89. The maximum atomic E-state index is 12.4. The number of rotatable bonds is 7. The van der Waals surface area contributed by atoms with E-state index in [0.717, 1.165) is 19.3 Å². The minimum Gasteiger partial charge on any atom is -0.481 e. The Labute approximate surface area is 152 Å². The first-order valence-electron chi connectivity index (χ1n) is 8.78. The fraction of sp³-hybridized carbons (Fsp3) is 0.526. The SMILES string of the molecule is CC(OC(=O)c1ccccc1)OC(=O)C(N)C1(CC(=O)O)CCCCC1. The molecule has 7 nitrogen and oxygen atoms in total. The summed E-state index contributed by atoms with van der Waals surface area (Å²) >= 11 is 0. The molecule has 1 fully saturated rings. The highest BCUT2D eigenvalue weighted by atomic mass is 16.7. The van der Waals surface area contributed by atoms with Crippen molar-refractivity contribution in [2.75, 3.05) is 0 Å². The first-order chi connectivity index (χ1) is 12.3. The van der Waals surface area contributed by atoms with E-state index in [9.17, 15) is 19.5 Å². The Bertz CT molecular complexity index is 639. The fourth-order valence-corrected chi connectivity index (χ4v) is 3.46. The molecule has 0 radical (unpaired) electrons. The number of carbonyl (C=O) groups excluding carboxylic acids is 2. The van der Waals surface area contributed by atoms with Gasteiger partial charge in [-0.3, -0.25) is 9.59 Å². The molecule has 1 aliphatic carbocycles. The molecule has 7 heteroatoms. The minimum atomic E-state index is -1.12. The topological polar surface area (TPSA) is 116 Å². The Morgan fingerprint density at radius 1 is 1.12 bits per heavy atom. The lowest BCUT2D eigenvalue weighted by Crippen LogP contribution is -2.51. The van der Waals surface area contributed by atoms with Crippen LogP contribution in [0.25, 0.3) is 0 Å². The van der Waals surface area contributed by atoms with Crippen LogP contribution in [0.15, 0.2) is 30.3 Å². The highest BCUT2D eigenvalue weighted by Crippen LogP contribution is 2.42. The van der Waals surface area contributed by atoms with Gasteiger partial charge in [-0.1, -0.05) is 37.5 Å². The van der Waals surface area contributed by atoms with Crippen LogP contribution >= 0.6 is 0 Å². The summed E-state index contributed by atoms with van der Waals surface area (Å²) in [4.78, 5) is 35.7. The van der Waals surface area contributed by atoms with E-state index in [1.54, 1.807) is 30.3 Å². The zero-order valence-electron chi connectivity index (χ0n) is 14.8. The van der Waals surface area contributed by atoms with Crippen molar-refractivity contribution in [2.24, 2.45) is 11.1 Å². The van der Waals surface area contributed by atoms with E-state index in [1.807, 2.05) is 0 Å². The lowest BCUT2D eigenvalue weighted by Gasteiger charge is -2.39. The maximum absolute atomic E-state index is 12.4. The molecule has 142 valence electrons. The second-order valence-corrected chi connectivity index (χ2v) is 6.75. The summed E-state index contributed by atoms with van der Waals surface area (Å²) in [6.07, 6.45) is 2.48. The van der Waals surface area contributed by atoms with Crippen LogP contribution in [0.1, 0.15) is 55.8 Å². The summed E-state index contributed by atoms with van der Waals surface area (Å²) in [5.74, 6) is -2.35. The molecule has 26 heavy (non-hydrogen) atoms. The molecule has 2 atom stereocenters. The number of ether oxygens (including phenoxy) is 2. The third-order valence-electron chi connectivity index (χ3n) is 4.83. The van der Waals surface area contributed by atoms with Crippen molar-refractivity contribution >= 4 is 17.9 Å². The molecule has 1 aliphatic rings. The van der Waals surface area contributed by atoms with Crippen molar-refractivity contribution in [1.29, 1.82) is 0 Å². The van der Waals surface area contributed by atoms with Gasteiger partial charge in [-0.25, -0.2) is 4.79 Å². The van der Waals surface area contributed by atoms with Crippen molar-refractivity contribution in [3.63, 3.8) is 0 Å². The zero-order chi connectivity index (χ0) is 19.2. The lowest BCUT2D eigenvalue weighted by atomic mass is 9.67.